The Hall–Kier alpha value is -1.15. The van der Waals surface area contributed by atoms with Crippen molar-refractivity contribution in [3.05, 3.63) is 29.3 Å². The van der Waals surface area contributed by atoms with Gasteiger partial charge in [-0.2, -0.15) is 4.72 Å². The number of nitrogens with one attached hydrogen (secondary N) is 2. The Morgan fingerprint density at radius 2 is 1.79 bits per heavy atom. The van der Waals surface area contributed by atoms with Crippen molar-refractivity contribution < 1.29 is 18.1 Å². The molecular weight excluding hydrogens is 350 g/mol. The van der Waals surface area contributed by atoms with Gasteiger partial charge in [0.05, 0.1) is 43.2 Å². The number of hydrogen-bond acceptors (Lipinski definition) is 3. The lowest BCUT2D eigenvalue weighted by Crippen LogP contribution is -3.16. The summed E-state index contributed by atoms with van der Waals surface area (Å²) in [6.07, 6.45) is 0. The van der Waals surface area contributed by atoms with Crippen molar-refractivity contribution in [2.45, 2.75) is 31.2 Å². The molecule has 0 saturated carbocycles. The van der Waals surface area contributed by atoms with Crippen LogP contribution < -0.4 is 9.62 Å². The average molecular weight is 375 g/mol. The molecule has 0 bridgehead atoms. The Kier molecular flexibility index (Phi) is 5.91. The van der Waals surface area contributed by atoms with E-state index in [-0.39, 0.29) is 10.8 Å². The molecule has 24 heavy (non-hydrogen) atoms. The van der Waals surface area contributed by atoms with Gasteiger partial charge < -0.3 is 9.80 Å². The number of carbonyl (C=O) groups is 1. The molecule has 6 nitrogen and oxygen atoms in total. The molecule has 0 unspecified atom stereocenters. The van der Waals surface area contributed by atoms with Gasteiger partial charge in [-0.1, -0.05) is 11.6 Å². The number of piperazine rings is 1. The smallest absolute Gasteiger partial charge is 0.241 e. The Bertz CT molecular complexity index is 681. The number of amides is 1. The van der Waals surface area contributed by atoms with Crippen LogP contribution in [0.5, 0.6) is 0 Å². The standard InChI is InChI=1S/C16H24ClN3O3S/c1-13(21)20-10-8-19(9-11-20)12-16(2,3)18-24(22,23)15-6-4-14(17)5-7-15/h4-7,18H,8-12H2,1-3H3/p+1. The summed E-state index contributed by atoms with van der Waals surface area (Å²) in [5.41, 5.74) is -0.591. The molecule has 1 fully saturated rings. The lowest BCUT2D eigenvalue weighted by Gasteiger charge is -2.36. The molecule has 1 saturated heterocycles. The van der Waals surface area contributed by atoms with E-state index in [0.717, 1.165) is 13.1 Å². The molecule has 1 aromatic rings. The summed E-state index contributed by atoms with van der Waals surface area (Å²) in [6.45, 7) is 9.07. The third-order valence-electron chi connectivity index (χ3n) is 4.14. The van der Waals surface area contributed by atoms with E-state index in [4.69, 9.17) is 11.6 Å². The van der Waals surface area contributed by atoms with Crippen molar-refractivity contribution in [2.75, 3.05) is 32.7 Å². The predicted octanol–water partition coefficient (Wildman–Crippen LogP) is 0.144. The van der Waals surface area contributed by atoms with Crippen molar-refractivity contribution in [1.82, 2.24) is 9.62 Å². The first-order valence-corrected chi connectivity index (χ1v) is 9.84. The second-order valence-corrected chi connectivity index (χ2v) is 8.99. The van der Waals surface area contributed by atoms with Gasteiger partial charge >= 0.3 is 0 Å². The van der Waals surface area contributed by atoms with E-state index < -0.39 is 15.6 Å². The van der Waals surface area contributed by atoms with Gasteiger partial charge in [-0.05, 0) is 38.1 Å². The van der Waals surface area contributed by atoms with Crippen LogP contribution in [-0.2, 0) is 14.8 Å². The predicted molar refractivity (Wildman–Crippen MR) is 93.7 cm³/mol. The minimum absolute atomic E-state index is 0.0942. The first-order valence-electron chi connectivity index (χ1n) is 7.98. The number of rotatable bonds is 5. The number of carbonyl (C=O) groups excluding carboxylic acids is 1. The van der Waals surface area contributed by atoms with Gasteiger partial charge in [0.2, 0.25) is 15.9 Å². The molecule has 134 valence electrons. The minimum atomic E-state index is -3.60. The maximum Gasteiger partial charge on any atom is 0.241 e. The van der Waals surface area contributed by atoms with E-state index in [2.05, 4.69) is 4.72 Å². The molecule has 1 heterocycles. The van der Waals surface area contributed by atoms with Crippen molar-refractivity contribution in [3.63, 3.8) is 0 Å². The summed E-state index contributed by atoms with van der Waals surface area (Å²) in [6, 6.07) is 6.13. The van der Waals surface area contributed by atoms with Gasteiger partial charge in [-0.25, -0.2) is 8.42 Å². The second-order valence-electron chi connectivity index (χ2n) is 6.88. The molecule has 8 heteroatoms. The summed E-state index contributed by atoms with van der Waals surface area (Å²) >= 11 is 5.81. The normalized spacial score (nSPS) is 17.1. The fraction of sp³-hybridized carbons (Fsp3) is 0.562. The topological polar surface area (TPSA) is 70.9 Å². The molecule has 0 atom stereocenters. The summed E-state index contributed by atoms with van der Waals surface area (Å²) < 4.78 is 27.8. The third-order valence-corrected chi connectivity index (χ3v) is 6.11. The molecule has 0 radical (unpaired) electrons. The van der Waals surface area contributed by atoms with Crippen LogP contribution in [0.25, 0.3) is 0 Å². The van der Waals surface area contributed by atoms with Gasteiger partial charge in [0.25, 0.3) is 0 Å². The number of nitrogens with zero attached hydrogens (tertiary/aromatic N) is 1. The quantitative estimate of drug-likeness (QED) is 0.770. The SMILES string of the molecule is CC(=O)N1CC[NH+](CC(C)(C)NS(=O)(=O)c2ccc(Cl)cc2)CC1. The van der Waals surface area contributed by atoms with Gasteiger partial charge in [-0.15, -0.1) is 0 Å². The Labute approximate surface area is 148 Å². The summed E-state index contributed by atoms with van der Waals surface area (Å²) in [7, 11) is -3.60. The number of sulfonamides is 1. The lowest BCUT2D eigenvalue weighted by molar-refractivity contribution is -0.907. The molecule has 0 aliphatic carbocycles. The van der Waals surface area contributed by atoms with E-state index in [0.29, 0.717) is 24.7 Å². The van der Waals surface area contributed by atoms with Crippen LogP contribution in [0.4, 0.5) is 0 Å². The van der Waals surface area contributed by atoms with Crippen molar-refractivity contribution in [1.29, 1.82) is 0 Å². The number of hydrogen-bond donors (Lipinski definition) is 2. The van der Waals surface area contributed by atoms with E-state index >= 15 is 0 Å². The molecule has 0 aromatic heterocycles. The van der Waals surface area contributed by atoms with Gasteiger partial charge in [-0.3, -0.25) is 4.79 Å². The Morgan fingerprint density at radius 1 is 1.25 bits per heavy atom. The highest BCUT2D eigenvalue weighted by molar-refractivity contribution is 7.89. The minimum Gasteiger partial charge on any atom is -0.332 e. The monoisotopic (exact) mass is 374 g/mol. The zero-order valence-corrected chi connectivity index (χ0v) is 15.9. The molecule has 2 N–H and O–H groups in total. The number of benzene rings is 1. The van der Waals surface area contributed by atoms with E-state index in [1.165, 1.54) is 17.0 Å². The fourth-order valence-electron chi connectivity index (χ4n) is 3.01. The van der Waals surface area contributed by atoms with Crippen LogP contribution in [0.1, 0.15) is 20.8 Å². The average Bonchev–Trinajstić information content (AvgIpc) is 2.46. The largest absolute Gasteiger partial charge is 0.332 e. The second kappa shape index (κ2) is 7.39. The van der Waals surface area contributed by atoms with Crippen LogP contribution in [0.3, 0.4) is 0 Å². The van der Waals surface area contributed by atoms with Gasteiger partial charge in [0.15, 0.2) is 0 Å². The van der Waals surface area contributed by atoms with Crippen molar-refractivity contribution in [2.24, 2.45) is 0 Å². The Morgan fingerprint density at radius 3 is 2.29 bits per heavy atom. The van der Waals surface area contributed by atoms with Crippen LogP contribution in [0.15, 0.2) is 29.2 Å². The van der Waals surface area contributed by atoms with Crippen molar-refractivity contribution in [3.8, 4) is 0 Å². The molecule has 1 aromatic carbocycles. The number of halogens is 1. The molecule has 0 spiro atoms. The van der Waals surface area contributed by atoms with Crippen molar-refractivity contribution >= 4 is 27.5 Å². The summed E-state index contributed by atoms with van der Waals surface area (Å²) in [4.78, 5) is 14.7. The zero-order chi connectivity index (χ0) is 18.0. The van der Waals surface area contributed by atoms with E-state index in [1.54, 1.807) is 19.1 Å². The lowest BCUT2D eigenvalue weighted by atomic mass is 10.1. The maximum absolute atomic E-state index is 12.5. The van der Waals surface area contributed by atoms with Crippen LogP contribution in [-0.4, -0.2) is 57.5 Å². The van der Waals surface area contributed by atoms with Crippen LogP contribution >= 0.6 is 11.6 Å². The molecule has 1 aliphatic heterocycles. The molecular formula is C16H25ClN3O3S+. The third kappa shape index (κ3) is 5.17. The molecule has 1 aliphatic rings. The zero-order valence-electron chi connectivity index (χ0n) is 14.3. The highest BCUT2D eigenvalue weighted by Gasteiger charge is 2.32. The first-order chi connectivity index (χ1) is 11.1. The highest BCUT2D eigenvalue weighted by Crippen LogP contribution is 2.16. The first kappa shape index (κ1) is 19.2. The van der Waals surface area contributed by atoms with Gasteiger partial charge in [0, 0.05) is 11.9 Å². The fourth-order valence-corrected chi connectivity index (χ4v) is 4.55. The summed E-state index contributed by atoms with van der Waals surface area (Å²) in [5, 5.41) is 0.501. The van der Waals surface area contributed by atoms with E-state index in [1.807, 2.05) is 18.7 Å². The Balaban J connectivity index is 1.98. The van der Waals surface area contributed by atoms with Crippen LogP contribution in [0, 0.1) is 0 Å². The van der Waals surface area contributed by atoms with E-state index in [9.17, 15) is 13.2 Å². The molecule has 2 rings (SSSR count). The maximum atomic E-state index is 12.5. The highest BCUT2D eigenvalue weighted by atomic mass is 35.5. The molecule has 1 amide bonds. The van der Waals surface area contributed by atoms with Gasteiger partial charge in [0.1, 0.15) is 0 Å². The van der Waals surface area contributed by atoms with Crippen LogP contribution in [0.2, 0.25) is 5.02 Å². The summed E-state index contributed by atoms with van der Waals surface area (Å²) in [5.74, 6) is 0.0942. The number of quaternary nitrogens is 1.